The predicted molar refractivity (Wildman–Crippen MR) is 109 cm³/mol. The van der Waals surface area contributed by atoms with Crippen molar-refractivity contribution in [3.8, 4) is 0 Å². The summed E-state index contributed by atoms with van der Waals surface area (Å²) in [5.74, 6) is -3.86. The number of hydrogen-bond acceptors (Lipinski definition) is 8. The normalized spacial score (nSPS) is 42.3. The first-order valence-electron chi connectivity index (χ1n) is 10.7. The third-order valence-corrected chi connectivity index (χ3v) is 8.26. The fraction of sp³-hybridized carbons (Fsp3) is 0.500. The zero-order valence-corrected chi connectivity index (χ0v) is 17.8. The van der Waals surface area contributed by atoms with Gasteiger partial charge in [-0.05, 0) is 18.1 Å². The van der Waals surface area contributed by atoms with Gasteiger partial charge >= 0.3 is 17.9 Å². The van der Waals surface area contributed by atoms with E-state index in [9.17, 15) is 24.3 Å². The summed E-state index contributed by atoms with van der Waals surface area (Å²) in [6.07, 6.45) is 0.333. The van der Waals surface area contributed by atoms with Crippen LogP contribution in [0.25, 0.3) is 6.08 Å². The molecule has 1 aromatic rings. The van der Waals surface area contributed by atoms with Crippen molar-refractivity contribution in [2.75, 3.05) is 6.61 Å². The molecule has 32 heavy (non-hydrogen) atoms. The molecule has 8 heteroatoms. The van der Waals surface area contributed by atoms with Crippen LogP contribution in [0.5, 0.6) is 0 Å². The van der Waals surface area contributed by atoms with Crippen molar-refractivity contribution < 1.29 is 38.5 Å². The van der Waals surface area contributed by atoms with Gasteiger partial charge in [0.05, 0.1) is 5.41 Å². The Morgan fingerprint density at radius 3 is 2.53 bits per heavy atom. The van der Waals surface area contributed by atoms with Gasteiger partial charge in [-0.1, -0.05) is 44.2 Å². The highest BCUT2D eigenvalue weighted by atomic mass is 16.6. The fourth-order valence-electron chi connectivity index (χ4n) is 6.38. The van der Waals surface area contributed by atoms with E-state index in [0.29, 0.717) is 0 Å². The molecule has 0 radical (unpaired) electrons. The number of carbonyl (C=O) groups is 4. The van der Waals surface area contributed by atoms with Crippen LogP contribution in [-0.4, -0.2) is 53.2 Å². The summed E-state index contributed by atoms with van der Waals surface area (Å²) in [6.45, 7) is 3.26. The third kappa shape index (κ3) is 2.36. The number of ketones is 1. The summed E-state index contributed by atoms with van der Waals surface area (Å²) in [5.41, 5.74) is -3.97. The van der Waals surface area contributed by atoms with Crippen LogP contribution in [0.4, 0.5) is 0 Å². The van der Waals surface area contributed by atoms with Gasteiger partial charge in [-0.15, -0.1) is 0 Å². The van der Waals surface area contributed by atoms with Crippen LogP contribution in [0.2, 0.25) is 0 Å². The molecule has 168 valence electrons. The van der Waals surface area contributed by atoms with Gasteiger partial charge in [-0.2, -0.15) is 0 Å². The van der Waals surface area contributed by atoms with E-state index in [1.54, 1.807) is 32.1 Å². The van der Waals surface area contributed by atoms with Gasteiger partial charge in [0.1, 0.15) is 29.5 Å². The van der Waals surface area contributed by atoms with E-state index in [4.69, 9.17) is 14.2 Å². The number of Topliss-reactive ketones (excluding diaryl/α,β-unsaturated/α-hetero) is 1. The topological polar surface area (TPSA) is 116 Å². The first-order chi connectivity index (χ1) is 15.2. The number of rotatable bonds is 3. The third-order valence-electron chi connectivity index (χ3n) is 8.26. The molecule has 0 aromatic heterocycles. The Hall–Kier alpha value is -3.00. The molecular formula is C24H24O8. The summed E-state index contributed by atoms with van der Waals surface area (Å²) in [6, 6.07) is 9.07. The Morgan fingerprint density at radius 1 is 1.19 bits per heavy atom. The second kappa shape index (κ2) is 6.75. The zero-order valence-electron chi connectivity index (χ0n) is 17.8. The molecule has 2 bridgehead atoms. The average molecular weight is 440 g/mol. The van der Waals surface area contributed by atoms with E-state index in [2.05, 4.69) is 0 Å². The SMILES string of the molecule is C[C@@H]1[C@H]2C[C@]3([C@H](C)C(=O)C[C@]3(O)C13COC3=O)[C@@H](OC(=O)/C=C\c1ccccc1)C(=O)O2. The Morgan fingerprint density at radius 2 is 1.91 bits per heavy atom. The fourth-order valence-corrected chi connectivity index (χ4v) is 6.38. The maximum absolute atomic E-state index is 13.0. The summed E-state index contributed by atoms with van der Waals surface area (Å²) in [7, 11) is 0. The summed E-state index contributed by atoms with van der Waals surface area (Å²) in [5, 5.41) is 12.0. The molecule has 1 unspecified atom stereocenters. The van der Waals surface area contributed by atoms with Crippen LogP contribution in [0.3, 0.4) is 0 Å². The average Bonchev–Trinajstić information content (AvgIpc) is 2.95. The number of carbonyl (C=O) groups excluding carboxylic acids is 4. The summed E-state index contributed by atoms with van der Waals surface area (Å²) < 4.78 is 16.2. The molecule has 7 atom stereocenters. The highest BCUT2D eigenvalue weighted by molar-refractivity contribution is 5.96. The van der Waals surface area contributed by atoms with Crippen molar-refractivity contribution in [3.63, 3.8) is 0 Å². The number of cyclic esters (lactones) is 1. The quantitative estimate of drug-likeness (QED) is 0.427. The van der Waals surface area contributed by atoms with Crippen molar-refractivity contribution in [1.82, 2.24) is 0 Å². The Balaban J connectivity index is 1.55. The maximum Gasteiger partial charge on any atom is 0.348 e. The van der Waals surface area contributed by atoms with E-state index >= 15 is 0 Å². The predicted octanol–water partition coefficient (Wildman–Crippen LogP) is 1.45. The van der Waals surface area contributed by atoms with Crippen LogP contribution >= 0.6 is 0 Å². The Kier molecular flexibility index (Phi) is 4.40. The number of fused-ring (bicyclic) bond motifs is 2. The number of ether oxygens (including phenoxy) is 3. The minimum Gasteiger partial charge on any atom is -0.464 e. The molecule has 2 aliphatic heterocycles. The molecule has 0 amide bonds. The number of esters is 3. The summed E-state index contributed by atoms with van der Waals surface area (Å²) >= 11 is 0. The van der Waals surface area contributed by atoms with Gasteiger partial charge in [-0.25, -0.2) is 9.59 Å². The minimum atomic E-state index is -1.88. The standard InChI is InChI=1S/C24H24O8/c1-13-16(25)10-24(29)22(13)11-17(14(2)23(24)12-30-21(23)28)31-20(27)19(22)32-18(26)9-8-15-6-4-3-5-7-15/h3-9,13-14,17,19,29H,10-12H2,1-2H3/b9-8-/t13-,14-,17-,19+,22+,23?,24-/m1/s1. The zero-order chi connectivity index (χ0) is 22.9. The lowest BCUT2D eigenvalue weighted by Gasteiger charge is -2.66. The van der Waals surface area contributed by atoms with E-state index in [1.165, 1.54) is 6.08 Å². The van der Waals surface area contributed by atoms with Gasteiger partial charge in [0.2, 0.25) is 6.10 Å². The molecule has 2 aliphatic carbocycles. The van der Waals surface area contributed by atoms with E-state index in [0.717, 1.165) is 5.56 Å². The lowest BCUT2D eigenvalue weighted by atomic mass is 9.43. The molecule has 2 saturated carbocycles. The van der Waals surface area contributed by atoms with Crippen molar-refractivity contribution in [2.45, 2.75) is 44.5 Å². The first kappa shape index (κ1) is 20.9. The van der Waals surface area contributed by atoms with Gasteiger partial charge < -0.3 is 19.3 Å². The Bertz CT molecular complexity index is 1050. The van der Waals surface area contributed by atoms with Crippen molar-refractivity contribution in [3.05, 3.63) is 42.0 Å². The molecule has 1 N–H and O–H groups in total. The second-order valence-electron chi connectivity index (χ2n) is 9.34. The lowest BCUT2D eigenvalue weighted by molar-refractivity contribution is -0.322. The lowest BCUT2D eigenvalue weighted by Crippen LogP contribution is -2.80. The molecule has 8 nitrogen and oxygen atoms in total. The van der Waals surface area contributed by atoms with Gasteiger partial charge in [0, 0.05) is 24.3 Å². The molecule has 2 spiro atoms. The highest BCUT2D eigenvalue weighted by Crippen LogP contribution is 2.70. The first-order valence-corrected chi connectivity index (χ1v) is 10.7. The molecule has 1 aromatic carbocycles. The minimum absolute atomic E-state index is 0.0755. The molecule has 5 rings (SSSR count). The van der Waals surface area contributed by atoms with Crippen LogP contribution in [0.15, 0.2) is 36.4 Å². The highest BCUT2D eigenvalue weighted by Gasteiger charge is 2.85. The second-order valence-corrected chi connectivity index (χ2v) is 9.34. The van der Waals surface area contributed by atoms with Crippen molar-refractivity contribution in [2.24, 2.45) is 22.7 Å². The monoisotopic (exact) mass is 440 g/mol. The van der Waals surface area contributed by atoms with Crippen molar-refractivity contribution >= 4 is 29.8 Å². The number of aliphatic hydroxyl groups is 1. The van der Waals surface area contributed by atoms with E-state index in [1.807, 2.05) is 18.2 Å². The largest absolute Gasteiger partial charge is 0.464 e. The smallest absolute Gasteiger partial charge is 0.348 e. The molecular weight excluding hydrogens is 416 g/mol. The molecule has 2 heterocycles. The van der Waals surface area contributed by atoms with E-state index < -0.39 is 58.4 Å². The number of benzene rings is 1. The van der Waals surface area contributed by atoms with Crippen LogP contribution in [0, 0.1) is 22.7 Å². The van der Waals surface area contributed by atoms with E-state index in [-0.39, 0.29) is 25.2 Å². The van der Waals surface area contributed by atoms with Crippen LogP contribution in [0.1, 0.15) is 32.3 Å². The van der Waals surface area contributed by atoms with Gasteiger partial charge in [0.15, 0.2) is 0 Å². The summed E-state index contributed by atoms with van der Waals surface area (Å²) in [4.78, 5) is 51.3. The molecule has 4 aliphatic rings. The molecule has 4 fully saturated rings. The van der Waals surface area contributed by atoms with Crippen LogP contribution < -0.4 is 0 Å². The van der Waals surface area contributed by atoms with Gasteiger partial charge in [0.25, 0.3) is 0 Å². The van der Waals surface area contributed by atoms with Gasteiger partial charge in [-0.3, -0.25) is 9.59 Å². The Labute approximate surface area is 184 Å². The molecule has 2 saturated heterocycles. The number of hydrogen-bond donors (Lipinski definition) is 1. The van der Waals surface area contributed by atoms with Crippen molar-refractivity contribution in [1.29, 1.82) is 0 Å². The maximum atomic E-state index is 13.0. The van der Waals surface area contributed by atoms with Crippen LogP contribution in [-0.2, 0) is 33.4 Å².